The highest BCUT2D eigenvalue weighted by Crippen LogP contribution is 2.36. The lowest BCUT2D eigenvalue weighted by atomic mass is 10.3. The van der Waals surface area contributed by atoms with E-state index in [1.165, 1.54) is 4.68 Å². The fraction of sp³-hybridized carbons (Fsp3) is 0.667. The first kappa shape index (κ1) is 12.5. The van der Waals surface area contributed by atoms with Crippen molar-refractivity contribution in [2.45, 2.75) is 39.4 Å². The van der Waals surface area contributed by atoms with Crippen LogP contribution in [0, 0.1) is 0 Å². The minimum Gasteiger partial charge on any atom is -0.265 e. The molecule has 0 saturated heterocycles. The number of hydrogen-bond donors (Lipinski definition) is 0. The van der Waals surface area contributed by atoms with Gasteiger partial charge >= 0.3 is 6.18 Å². The van der Waals surface area contributed by atoms with Gasteiger partial charge in [-0.1, -0.05) is 6.92 Å². The number of aromatic nitrogens is 2. The Morgan fingerprint density at radius 3 is 2.20 bits per heavy atom. The van der Waals surface area contributed by atoms with Gasteiger partial charge in [0.1, 0.15) is 0 Å². The summed E-state index contributed by atoms with van der Waals surface area (Å²) in [6, 6.07) is -0.0765. The normalized spacial score (nSPS) is 12.5. The molecule has 0 radical (unpaired) electrons. The van der Waals surface area contributed by atoms with Gasteiger partial charge in [0.05, 0.1) is 10.2 Å². The molecule has 1 heterocycles. The van der Waals surface area contributed by atoms with Crippen molar-refractivity contribution in [2.24, 2.45) is 0 Å². The highest BCUT2D eigenvalue weighted by atomic mass is 79.9. The van der Waals surface area contributed by atoms with Crippen LogP contribution < -0.4 is 0 Å². The number of alkyl halides is 3. The molecule has 1 aromatic rings. The predicted molar refractivity (Wildman–Crippen MR) is 54.7 cm³/mol. The SMILES string of the molecule is CCc1c(Br)c(C(F)(F)F)nn1C(C)C. The van der Waals surface area contributed by atoms with E-state index in [9.17, 15) is 13.2 Å². The summed E-state index contributed by atoms with van der Waals surface area (Å²) < 4.78 is 39.1. The van der Waals surface area contributed by atoms with Crippen molar-refractivity contribution in [1.82, 2.24) is 9.78 Å². The minimum atomic E-state index is -4.40. The van der Waals surface area contributed by atoms with Gasteiger partial charge < -0.3 is 0 Å². The average Bonchev–Trinajstić information content (AvgIpc) is 2.41. The van der Waals surface area contributed by atoms with E-state index in [2.05, 4.69) is 21.0 Å². The van der Waals surface area contributed by atoms with Crippen molar-refractivity contribution < 1.29 is 13.2 Å². The van der Waals surface area contributed by atoms with Crippen LogP contribution in [0.3, 0.4) is 0 Å². The molecule has 1 aromatic heterocycles. The number of rotatable bonds is 2. The standard InChI is InChI=1S/C9H12BrF3N2/c1-4-6-7(10)8(9(11,12)13)14-15(6)5(2)3/h5H,4H2,1-3H3. The Balaban J connectivity index is 3.34. The van der Waals surface area contributed by atoms with Crippen LogP contribution in [-0.4, -0.2) is 9.78 Å². The number of nitrogens with zero attached hydrogens (tertiary/aromatic N) is 2. The van der Waals surface area contributed by atoms with Crippen molar-refractivity contribution in [3.63, 3.8) is 0 Å². The summed E-state index contributed by atoms with van der Waals surface area (Å²) in [5.41, 5.74) is -0.259. The first-order valence-electron chi connectivity index (χ1n) is 4.63. The molecule has 0 atom stereocenters. The van der Waals surface area contributed by atoms with Gasteiger partial charge in [0, 0.05) is 6.04 Å². The largest absolute Gasteiger partial charge is 0.436 e. The molecule has 86 valence electrons. The van der Waals surface area contributed by atoms with Crippen LogP contribution in [-0.2, 0) is 12.6 Å². The van der Waals surface area contributed by atoms with Gasteiger partial charge in [0.25, 0.3) is 0 Å². The summed E-state index contributed by atoms with van der Waals surface area (Å²) in [4.78, 5) is 0. The second-order valence-electron chi connectivity index (χ2n) is 3.50. The van der Waals surface area contributed by atoms with Gasteiger partial charge in [-0.25, -0.2) is 0 Å². The van der Waals surface area contributed by atoms with E-state index in [0.29, 0.717) is 12.1 Å². The summed E-state index contributed by atoms with van der Waals surface area (Å²) in [5, 5.41) is 3.60. The summed E-state index contributed by atoms with van der Waals surface area (Å²) >= 11 is 2.96. The molecule has 0 aliphatic heterocycles. The third-order valence-electron chi connectivity index (χ3n) is 2.04. The first-order valence-corrected chi connectivity index (χ1v) is 5.42. The molecule has 0 aliphatic carbocycles. The molecule has 0 saturated carbocycles. The van der Waals surface area contributed by atoms with Gasteiger partial charge in [-0.15, -0.1) is 0 Å². The van der Waals surface area contributed by atoms with Crippen LogP contribution >= 0.6 is 15.9 Å². The van der Waals surface area contributed by atoms with Crippen LogP contribution in [0.15, 0.2) is 4.47 Å². The average molecular weight is 285 g/mol. The maximum Gasteiger partial charge on any atom is 0.436 e. The van der Waals surface area contributed by atoms with Gasteiger partial charge in [0.2, 0.25) is 0 Å². The zero-order valence-electron chi connectivity index (χ0n) is 8.69. The fourth-order valence-corrected chi connectivity index (χ4v) is 2.14. The van der Waals surface area contributed by atoms with Crippen molar-refractivity contribution in [3.05, 3.63) is 15.9 Å². The molecule has 0 N–H and O–H groups in total. The van der Waals surface area contributed by atoms with E-state index in [1.54, 1.807) is 20.8 Å². The van der Waals surface area contributed by atoms with Gasteiger partial charge in [-0.3, -0.25) is 4.68 Å². The lowest BCUT2D eigenvalue weighted by Gasteiger charge is -2.09. The smallest absolute Gasteiger partial charge is 0.265 e. The van der Waals surface area contributed by atoms with Gasteiger partial charge in [0.15, 0.2) is 5.69 Å². The van der Waals surface area contributed by atoms with Crippen LogP contribution in [0.25, 0.3) is 0 Å². The summed E-state index contributed by atoms with van der Waals surface area (Å²) in [6.45, 7) is 5.41. The molecule has 1 rings (SSSR count). The third kappa shape index (κ3) is 2.35. The highest BCUT2D eigenvalue weighted by molar-refractivity contribution is 9.10. The fourth-order valence-electron chi connectivity index (χ4n) is 1.37. The predicted octanol–water partition coefficient (Wildman–Crippen LogP) is 3.81. The van der Waals surface area contributed by atoms with Crippen LogP contribution in [0.4, 0.5) is 13.2 Å². The topological polar surface area (TPSA) is 17.8 Å². The molecule has 6 heteroatoms. The van der Waals surface area contributed by atoms with Crippen LogP contribution in [0.2, 0.25) is 0 Å². The van der Waals surface area contributed by atoms with Crippen molar-refractivity contribution in [1.29, 1.82) is 0 Å². The second kappa shape index (κ2) is 4.15. The zero-order chi connectivity index (χ0) is 11.8. The molecule has 0 unspecified atom stereocenters. The molecule has 0 bridgehead atoms. The maximum atomic E-state index is 12.5. The third-order valence-corrected chi connectivity index (χ3v) is 2.87. The lowest BCUT2D eigenvalue weighted by Crippen LogP contribution is -2.10. The van der Waals surface area contributed by atoms with Crippen LogP contribution in [0.1, 0.15) is 38.2 Å². The van der Waals surface area contributed by atoms with E-state index >= 15 is 0 Å². The summed E-state index contributed by atoms with van der Waals surface area (Å²) in [6.07, 6.45) is -3.88. The number of hydrogen-bond acceptors (Lipinski definition) is 1. The molecular weight excluding hydrogens is 273 g/mol. The van der Waals surface area contributed by atoms with Crippen molar-refractivity contribution in [2.75, 3.05) is 0 Å². The van der Waals surface area contributed by atoms with Gasteiger partial charge in [-0.2, -0.15) is 18.3 Å². The van der Waals surface area contributed by atoms with Crippen molar-refractivity contribution in [3.8, 4) is 0 Å². The Bertz CT molecular complexity index is 355. The first-order chi connectivity index (χ1) is 6.79. The quantitative estimate of drug-likeness (QED) is 0.808. The highest BCUT2D eigenvalue weighted by Gasteiger charge is 2.38. The van der Waals surface area contributed by atoms with Gasteiger partial charge in [-0.05, 0) is 36.2 Å². The molecule has 15 heavy (non-hydrogen) atoms. The summed E-state index contributed by atoms with van der Waals surface area (Å²) in [5.74, 6) is 0. The Morgan fingerprint density at radius 2 is 1.93 bits per heavy atom. The molecule has 0 fully saturated rings. The Morgan fingerprint density at radius 1 is 1.40 bits per heavy atom. The Hall–Kier alpha value is -0.520. The lowest BCUT2D eigenvalue weighted by molar-refractivity contribution is -0.142. The van der Waals surface area contributed by atoms with E-state index in [-0.39, 0.29) is 10.5 Å². The molecule has 0 amide bonds. The molecule has 0 spiro atoms. The maximum absolute atomic E-state index is 12.5. The molecular formula is C9H12BrF3N2. The Kier molecular flexibility index (Phi) is 3.48. The molecule has 0 aliphatic rings. The van der Waals surface area contributed by atoms with E-state index in [1.807, 2.05) is 0 Å². The zero-order valence-corrected chi connectivity index (χ0v) is 10.3. The van der Waals surface area contributed by atoms with E-state index in [4.69, 9.17) is 0 Å². The molecule has 0 aromatic carbocycles. The second-order valence-corrected chi connectivity index (χ2v) is 4.29. The monoisotopic (exact) mass is 284 g/mol. The van der Waals surface area contributed by atoms with E-state index < -0.39 is 11.9 Å². The molecule has 2 nitrogen and oxygen atoms in total. The summed E-state index contributed by atoms with van der Waals surface area (Å²) in [7, 11) is 0. The number of halogens is 4. The Labute approximate surface area is 94.6 Å². The van der Waals surface area contributed by atoms with Crippen molar-refractivity contribution >= 4 is 15.9 Å². The van der Waals surface area contributed by atoms with Crippen LogP contribution in [0.5, 0.6) is 0 Å². The van der Waals surface area contributed by atoms with E-state index in [0.717, 1.165) is 0 Å². The minimum absolute atomic E-state index is 0.0613.